The molecule has 1 nitrogen and oxygen atoms in total. The summed E-state index contributed by atoms with van der Waals surface area (Å²) in [6, 6.07) is 6.23. The SMILES string of the molecule is CCCCC(C)C(=O)c1ccc(CC)c(CC)c1. The minimum Gasteiger partial charge on any atom is -0.294 e. The summed E-state index contributed by atoms with van der Waals surface area (Å²) in [5, 5.41) is 0. The van der Waals surface area contributed by atoms with E-state index in [4.69, 9.17) is 0 Å². The summed E-state index contributed by atoms with van der Waals surface area (Å²) >= 11 is 0. The molecule has 0 saturated heterocycles. The van der Waals surface area contributed by atoms with E-state index in [2.05, 4.69) is 39.8 Å². The Balaban J connectivity index is 2.86. The number of aryl methyl sites for hydroxylation is 2. The Morgan fingerprint density at radius 3 is 2.33 bits per heavy atom. The number of benzene rings is 1. The monoisotopic (exact) mass is 246 g/mol. The van der Waals surface area contributed by atoms with Crippen molar-refractivity contribution in [3.8, 4) is 0 Å². The Bertz CT molecular complexity index is 393. The highest BCUT2D eigenvalue weighted by atomic mass is 16.1. The molecule has 100 valence electrons. The normalized spacial score (nSPS) is 12.4. The zero-order valence-electron chi connectivity index (χ0n) is 12.3. The third-order valence-corrected chi connectivity index (χ3v) is 3.69. The van der Waals surface area contributed by atoms with E-state index in [1.165, 1.54) is 11.1 Å². The first-order valence-electron chi connectivity index (χ1n) is 7.29. The molecule has 0 radical (unpaired) electrons. The Kier molecular flexibility index (Phi) is 6.11. The summed E-state index contributed by atoms with van der Waals surface area (Å²) in [6.45, 7) is 8.54. The molecule has 1 atom stereocenters. The standard InChI is InChI=1S/C17H26O/c1-5-8-9-13(4)17(18)16-11-10-14(6-2)15(7-3)12-16/h10-13H,5-9H2,1-4H3. The van der Waals surface area contributed by atoms with Gasteiger partial charge >= 0.3 is 0 Å². The largest absolute Gasteiger partial charge is 0.294 e. The van der Waals surface area contributed by atoms with Crippen LogP contribution in [0.2, 0.25) is 0 Å². The maximum atomic E-state index is 12.3. The first-order valence-corrected chi connectivity index (χ1v) is 7.29. The molecule has 1 aromatic carbocycles. The molecule has 0 aliphatic carbocycles. The molecule has 0 aliphatic rings. The van der Waals surface area contributed by atoms with Crippen LogP contribution in [0.5, 0.6) is 0 Å². The molecule has 0 saturated carbocycles. The minimum atomic E-state index is 0.155. The molecule has 1 heteroatoms. The van der Waals surface area contributed by atoms with Crippen LogP contribution in [-0.4, -0.2) is 5.78 Å². The molecule has 0 amide bonds. The summed E-state index contributed by atoms with van der Waals surface area (Å²) in [5.41, 5.74) is 3.59. The third-order valence-electron chi connectivity index (χ3n) is 3.69. The summed E-state index contributed by atoms with van der Waals surface area (Å²) in [6.07, 6.45) is 5.36. The van der Waals surface area contributed by atoms with Crippen molar-refractivity contribution < 1.29 is 4.79 Å². The van der Waals surface area contributed by atoms with Crippen molar-refractivity contribution in [3.63, 3.8) is 0 Å². The van der Waals surface area contributed by atoms with Gasteiger partial charge in [-0.1, -0.05) is 52.7 Å². The molecular weight excluding hydrogens is 220 g/mol. The van der Waals surface area contributed by atoms with Crippen molar-refractivity contribution >= 4 is 5.78 Å². The first kappa shape index (κ1) is 14.9. The molecule has 1 unspecified atom stereocenters. The zero-order chi connectivity index (χ0) is 13.5. The highest BCUT2D eigenvalue weighted by molar-refractivity contribution is 5.97. The van der Waals surface area contributed by atoms with Crippen LogP contribution in [0.25, 0.3) is 0 Å². The topological polar surface area (TPSA) is 17.1 Å². The quantitative estimate of drug-likeness (QED) is 0.630. The van der Waals surface area contributed by atoms with Crippen LogP contribution in [-0.2, 0) is 12.8 Å². The van der Waals surface area contributed by atoms with Crippen molar-refractivity contribution in [1.82, 2.24) is 0 Å². The lowest BCUT2D eigenvalue weighted by molar-refractivity contribution is 0.0922. The lowest BCUT2D eigenvalue weighted by Crippen LogP contribution is -2.12. The lowest BCUT2D eigenvalue weighted by Gasteiger charge is -2.12. The number of Topliss-reactive ketones (excluding diaryl/α,β-unsaturated/α-hetero) is 1. The predicted octanol–water partition coefficient (Wildman–Crippen LogP) is 4.82. The number of carbonyl (C=O) groups is 1. The van der Waals surface area contributed by atoms with Gasteiger partial charge in [-0.3, -0.25) is 4.79 Å². The van der Waals surface area contributed by atoms with E-state index in [0.29, 0.717) is 5.78 Å². The van der Waals surface area contributed by atoms with Crippen LogP contribution in [0.1, 0.15) is 68.4 Å². The van der Waals surface area contributed by atoms with Gasteiger partial charge in [0, 0.05) is 11.5 Å². The summed E-state index contributed by atoms with van der Waals surface area (Å²) in [4.78, 5) is 12.3. The molecule has 0 bridgehead atoms. The van der Waals surface area contributed by atoms with Gasteiger partial charge in [0.25, 0.3) is 0 Å². The van der Waals surface area contributed by atoms with E-state index >= 15 is 0 Å². The van der Waals surface area contributed by atoms with Crippen LogP contribution >= 0.6 is 0 Å². The van der Waals surface area contributed by atoms with Crippen molar-refractivity contribution in [3.05, 3.63) is 34.9 Å². The fraction of sp³-hybridized carbons (Fsp3) is 0.588. The van der Waals surface area contributed by atoms with Crippen molar-refractivity contribution in [1.29, 1.82) is 0 Å². The Hall–Kier alpha value is -1.11. The predicted molar refractivity (Wildman–Crippen MR) is 78.2 cm³/mol. The van der Waals surface area contributed by atoms with E-state index in [9.17, 15) is 4.79 Å². The van der Waals surface area contributed by atoms with Gasteiger partial charge < -0.3 is 0 Å². The van der Waals surface area contributed by atoms with Crippen molar-refractivity contribution in [2.75, 3.05) is 0 Å². The smallest absolute Gasteiger partial charge is 0.165 e. The Labute approximate surface area is 112 Å². The van der Waals surface area contributed by atoms with E-state index in [-0.39, 0.29) is 5.92 Å². The van der Waals surface area contributed by atoms with Gasteiger partial charge in [-0.25, -0.2) is 0 Å². The van der Waals surface area contributed by atoms with Gasteiger partial charge in [-0.15, -0.1) is 0 Å². The van der Waals surface area contributed by atoms with Crippen molar-refractivity contribution in [2.24, 2.45) is 5.92 Å². The number of unbranched alkanes of at least 4 members (excludes halogenated alkanes) is 1. The number of rotatable bonds is 7. The lowest BCUT2D eigenvalue weighted by atomic mass is 9.91. The molecule has 0 spiro atoms. The second-order valence-corrected chi connectivity index (χ2v) is 5.10. The van der Waals surface area contributed by atoms with E-state index < -0.39 is 0 Å². The number of carbonyl (C=O) groups excluding carboxylic acids is 1. The second kappa shape index (κ2) is 7.35. The highest BCUT2D eigenvalue weighted by Crippen LogP contribution is 2.19. The number of hydrogen-bond donors (Lipinski definition) is 0. The molecule has 1 aromatic rings. The molecule has 0 heterocycles. The van der Waals surface area contributed by atoms with Gasteiger partial charge in [-0.05, 0) is 36.5 Å². The number of hydrogen-bond acceptors (Lipinski definition) is 1. The van der Waals surface area contributed by atoms with Gasteiger partial charge in [0.15, 0.2) is 5.78 Å². The molecule has 18 heavy (non-hydrogen) atoms. The second-order valence-electron chi connectivity index (χ2n) is 5.10. The van der Waals surface area contributed by atoms with Crippen LogP contribution in [0.4, 0.5) is 0 Å². The van der Waals surface area contributed by atoms with Crippen LogP contribution in [0.3, 0.4) is 0 Å². The summed E-state index contributed by atoms with van der Waals surface area (Å²) < 4.78 is 0. The third kappa shape index (κ3) is 3.69. The van der Waals surface area contributed by atoms with Gasteiger partial charge in [0.1, 0.15) is 0 Å². The first-order chi connectivity index (χ1) is 8.63. The average molecular weight is 246 g/mol. The van der Waals surface area contributed by atoms with Gasteiger partial charge in [-0.2, -0.15) is 0 Å². The molecule has 0 fully saturated rings. The Morgan fingerprint density at radius 2 is 1.78 bits per heavy atom. The fourth-order valence-electron chi connectivity index (χ4n) is 2.38. The molecule has 0 aromatic heterocycles. The molecule has 0 N–H and O–H groups in total. The minimum absolute atomic E-state index is 0.155. The summed E-state index contributed by atoms with van der Waals surface area (Å²) in [7, 11) is 0. The van der Waals surface area contributed by atoms with Crippen LogP contribution in [0, 0.1) is 5.92 Å². The van der Waals surface area contributed by atoms with Gasteiger partial charge in [0.2, 0.25) is 0 Å². The number of ketones is 1. The van der Waals surface area contributed by atoms with Crippen LogP contribution < -0.4 is 0 Å². The maximum Gasteiger partial charge on any atom is 0.165 e. The molecule has 0 aliphatic heterocycles. The molecular formula is C17H26O. The van der Waals surface area contributed by atoms with E-state index in [1.807, 2.05) is 6.07 Å². The zero-order valence-corrected chi connectivity index (χ0v) is 12.3. The van der Waals surface area contributed by atoms with Crippen molar-refractivity contribution in [2.45, 2.75) is 59.8 Å². The highest BCUT2D eigenvalue weighted by Gasteiger charge is 2.15. The Morgan fingerprint density at radius 1 is 1.11 bits per heavy atom. The fourth-order valence-corrected chi connectivity index (χ4v) is 2.38. The van der Waals surface area contributed by atoms with E-state index in [1.54, 1.807) is 0 Å². The van der Waals surface area contributed by atoms with E-state index in [0.717, 1.165) is 37.7 Å². The van der Waals surface area contributed by atoms with Gasteiger partial charge in [0.05, 0.1) is 0 Å². The molecule has 1 rings (SSSR count). The maximum absolute atomic E-state index is 12.3. The average Bonchev–Trinajstić information content (AvgIpc) is 2.42. The summed E-state index contributed by atoms with van der Waals surface area (Å²) in [5.74, 6) is 0.461. The van der Waals surface area contributed by atoms with Crippen LogP contribution in [0.15, 0.2) is 18.2 Å².